The molecule has 84 valence electrons. The molecule has 2 rings (SSSR count). The summed E-state index contributed by atoms with van der Waals surface area (Å²) in [4.78, 5) is 1.10. The standard InChI is InChI=1S/C11H10Cl2N2S/c12-7-1-2-10(8(13)5-7)15-6-11-9(14)3-4-16-11/h1-5,15H,6,14H2. The fourth-order valence-corrected chi connectivity index (χ4v) is 2.52. The van der Waals surface area contributed by atoms with Crippen molar-refractivity contribution in [3.05, 3.63) is 44.6 Å². The first kappa shape index (κ1) is 11.6. The first-order chi connectivity index (χ1) is 7.66. The quantitative estimate of drug-likeness (QED) is 0.877. The van der Waals surface area contributed by atoms with E-state index in [0.717, 1.165) is 16.3 Å². The highest BCUT2D eigenvalue weighted by Gasteiger charge is 2.03. The summed E-state index contributed by atoms with van der Waals surface area (Å²) in [6.45, 7) is 0.671. The van der Waals surface area contributed by atoms with E-state index in [1.54, 1.807) is 23.5 Å². The number of hydrogen-bond donors (Lipinski definition) is 2. The van der Waals surface area contributed by atoms with Crippen molar-refractivity contribution in [3.8, 4) is 0 Å². The Kier molecular flexibility index (Phi) is 3.59. The summed E-state index contributed by atoms with van der Waals surface area (Å²) in [6, 6.07) is 7.26. The van der Waals surface area contributed by atoms with Crippen LogP contribution in [0.5, 0.6) is 0 Å². The molecule has 1 aromatic carbocycles. The minimum atomic E-state index is 0.614. The fraction of sp³-hybridized carbons (Fsp3) is 0.0909. The van der Waals surface area contributed by atoms with Crippen molar-refractivity contribution in [2.45, 2.75) is 6.54 Å². The average Bonchev–Trinajstić information content (AvgIpc) is 2.63. The van der Waals surface area contributed by atoms with Gasteiger partial charge in [0.25, 0.3) is 0 Å². The molecule has 0 aliphatic rings. The molecule has 5 heteroatoms. The van der Waals surface area contributed by atoms with Crippen LogP contribution < -0.4 is 11.1 Å². The predicted molar refractivity (Wildman–Crippen MR) is 72.5 cm³/mol. The van der Waals surface area contributed by atoms with Gasteiger partial charge in [-0.25, -0.2) is 0 Å². The zero-order valence-corrected chi connectivity index (χ0v) is 10.7. The molecular formula is C11H10Cl2N2S. The number of halogens is 2. The maximum absolute atomic E-state index is 6.03. The molecule has 0 radical (unpaired) electrons. The molecule has 0 spiro atoms. The van der Waals surface area contributed by atoms with Crippen molar-refractivity contribution in [2.75, 3.05) is 11.1 Å². The number of benzene rings is 1. The number of anilines is 2. The Morgan fingerprint density at radius 3 is 2.69 bits per heavy atom. The van der Waals surface area contributed by atoms with Crippen molar-refractivity contribution < 1.29 is 0 Å². The van der Waals surface area contributed by atoms with Gasteiger partial charge in [-0.15, -0.1) is 11.3 Å². The van der Waals surface area contributed by atoms with Gasteiger partial charge in [0.05, 0.1) is 17.3 Å². The van der Waals surface area contributed by atoms with Gasteiger partial charge < -0.3 is 11.1 Å². The second-order valence-electron chi connectivity index (χ2n) is 3.28. The van der Waals surface area contributed by atoms with Gasteiger partial charge in [0.2, 0.25) is 0 Å². The van der Waals surface area contributed by atoms with Crippen LogP contribution in [0.1, 0.15) is 4.88 Å². The summed E-state index contributed by atoms with van der Waals surface area (Å²) < 4.78 is 0. The molecule has 2 nitrogen and oxygen atoms in total. The smallest absolute Gasteiger partial charge is 0.0652 e. The number of rotatable bonds is 3. The first-order valence-corrected chi connectivity index (χ1v) is 6.31. The third kappa shape index (κ3) is 2.61. The van der Waals surface area contributed by atoms with Gasteiger partial charge in [-0.05, 0) is 29.6 Å². The van der Waals surface area contributed by atoms with Crippen LogP contribution in [0.2, 0.25) is 10.0 Å². The van der Waals surface area contributed by atoms with E-state index in [0.29, 0.717) is 16.6 Å². The Bertz CT molecular complexity index is 496. The summed E-state index contributed by atoms with van der Waals surface area (Å²) in [5.41, 5.74) is 7.45. The van der Waals surface area contributed by atoms with Gasteiger partial charge in [-0.3, -0.25) is 0 Å². The number of hydrogen-bond acceptors (Lipinski definition) is 3. The third-order valence-corrected chi connectivity index (χ3v) is 3.63. The van der Waals surface area contributed by atoms with E-state index >= 15 is 0 Å². The second kappa shape index (κ2) is 4.95. The van der Waals surface area contributed by atoms with Crippen LogP contribution in [0.15, 0.2) is 29.6 Å². The van der Waals surface area contributed by atoms with Gasteiger partial charge in [-0.1, -0.05) is 23.2 Å². The number of nitrogen functional groups attached to an aromatic ring is 1. The third-order valence-electron chi connectivity index (χ3n) is 2.15. The molecule has 16 heavy (non-hydrogen) atoms. The van der Waals surface area contributed by atoms with Crippen LogP contribution in [0, 0.1) is 0 Å². The molecule has 0 aliphatic heterocycles. The lowest BCUT2D eigenvalue weighted by Crippen LogP contribution is -2.00. The topological polar surface area (TPSA) is 38.0 Å². The minimum absolute atomic E-state index is 0.614. The van der Waals surface area contributed by atoms with E-state index in [1.165, 1.54) is 0 Å². The van der Waals surface area contributed by atoms with Crippen molar-refractivity contribution in [3.63, 3.8) is 0 Å². The Morgan fingerprint density at radius 1 is 1.25 bits per heavy atom. The lowest BCUT2D eigenvalue weighted by molar-refractivity contribution is 1.20. The van der Waals surface area contributed by atoms with Gasteiger partial charge in [0.15, 0.2) is 0 Å². The van der Waals surface area contributed by atoms with Crippen molar-refractivity contribution in [2.24, 2.45) is 0 Å². The normalized spacial score (nSPS) is 10.4. The van der Waals surface area contributed by atoms with Crippen LogP contribution in [-0.4, -0.2) is 0 Å². The molecule has 0 unspecified atom stereocenters. The zero-order chi connectivity index (χ0) is 11.5. The molecule has 0 saturated heterocycles. The zero-order valence-electron chi connectivity index (χ0n) is 8.34. The molecule has 0 aliphatic carbocycles. The second-order valence-corrected chi connectivity index (χ2v) is 5.12. The summed E-state index contributed by atoms with van der Waals surface area (Å²) in [7, 11) is 0. The Morgan fingerprint density at radius 2 is 2.06 bits per heavy atom. The van der Waals surface area contributed by atoms with Crippen LogP contribution in [0.4, 0.5) is 11.4 Å². The summed E-state index contributed by atoms with van der Waals surface area (Å²) in [5, 5.41) is 6.44. The average molecular weight is 273 g/mol. The Labute approximate surface area is 108 Å². The minimum Gasteiger partial charge on any atom is -0.398 e. The highest BCUT2D eigenvalue weighted by Crippen LogP contribution is 2.27. The lowest BCUT2D eigenvalue weighted by Gasteiger charge is -2.07. The molecule has 0 saturated carbocycles. The molecule has 0 atom stereocenters. The van der Waals surface area contributed by atoms with Crippen LogP contribution in [0.3, 0.4) is 0 Å². The Balaban J connectivity index is 2.08. The lowest BCUT2D eigenvalue weighted by atomic mass is 10.3. The number of nitrogens with two attached hydrogens (primary N) is 1. The largest absolute Gasteiger partial charge is 0.398 e. The van der Waals surface area contributed by atoms with Crippen LogP contribution in [-0.2, 0) is 6.54 Å². The van der Waals surface area contributed by atoms with E-state index in [9.17, 15) is 0 Å². The van der Waals surface area contributed by atoms with Gasteiger partial charge >= 0.3 is 0 Å². The van der Waals surface area contributed by atoms with E-state index in [4.69, 9.17) is 28.9 Å². The molecule has 2 aromatic rings. The molecule has 0 fully saturated rings. The highest BCUT2D eigenvalue weighted by molar-refractivity contribution is 7.10. The van der Waals surface area contributed by atoms with Gasteiger partial charge in [0.1, 0.15) is 0 Å². The van der Waals surface area contributed by atoms with Gasteiger partial charge in [0, 0.05) is 15.6 Å². The Hall–Kier alpha value is -0.900. The molecule has 0 bridgehead atoms. The van der Waals surface area contributed by atoms with Crippen molar-refractivity contribution >= 4 is 45.9 Å². The predicted octanol–water partition coefficient (Wildman–Crippen LogP) is 4.25. The highest BCUT2D eigenvalue weighted by atomic mass is 35.5. The maximum Gasteiger partial charge on any atom is 0.0652 e. The van der Waals surface area contributed by atoms with E-state index in [2.05, 4.69) is 5.32 Å². The SMILES string of the molecule is Nc1ccsc1CNc1ccc(Cl)cc1Cl. The molecule has 1 aromatic heterocycles. The number of thiophene rings is 1. The summed E-state index contributed by atoms with van der Waals surface area (Å²) in [6.07, 6.45) is 0. The molecule has 3 N–H and O–H groups in total. The van der Waals surface area contributed by atoms with Crippen molar-refractivity contribution in [1.82, 2.24) is 0 Å². The molecule has 1 heterocycles. The van der Waals surface area contributed by atoms with E-state index in [-0.39, 0.29) is 0 Å². The van der Waals surface area contributed by atoms with Crippen LogP contribution >= 0.6 is 34.5 Å². The molecule has 0 amide bonds. The maximum atomic E-state index is 6.03. The first-order valence-electron chi connectivity index (χ1n) is 4.67. The van der Waals surface area contributed by atoms with Gasteiger partial charge in [-0.2, -0.15) is 0 Å². The van der Waals surface area contributed by atoms with Crippen molar-refractivity contribution in [1.29, 1.82) is 0 Å². The molecular weight excluding hydrogens is 263 g/mol. The monoisotopic (exact) mass is 272 g/mol. The number of nitrogens with one attached hydrogen (secondary N) is 1. The van der Waals surface area contributed by atoms with E-state index in [1.807, 2.05) is 17.5 Å². The van der Waals surface area contributed by atoms with Crippen LogP contribution in [0.25, 0.3) is 0 Å². The summed E-state index contributed by atoms with van der Waals surface area (Å²) in [5.74, 6) is 0. The van der Waals surface area contributed by atoms with E-state index < -0.39 is 0 Å². The fourth-order valence-electron chi connectivity index (χ4n) is 1.30. The summed E-state index contributed by atoms with van der Waals surface area (Å²) >= 11 is 13.5.